The number of hydrogen-bond acceptors (Lipinski definition) is 2. The van der Waals surface area contributed by atoms with Gasteiger partial charge < -0.3 is 4.42 Å². The van der Waals surface area contributed by atoms with Crippen molar-refractivity contribution < 1.29 is 4.42 Å². The van der Waals surface area contributed by atoms with Crippen LogP contribution in [0.3, 0.4) is 0 Å². The summed E-state index contributed by atoms with van der Waals surface area (Å²) in [5.41, 5.74) is 3.85. The van der Waals surface area contributed by atoms with E-state index in [0.717, 1.165) is 38.1 Å². The largest absolute Gasteiger partial charge is 0.454 e. The lowest BCUT2D eigenvalue weighted by Gasteiger charge is -2.02. The van der Waals surface area contributed by atoms with Crippen molar-refractivity contribution in [1.29, 1.82) is 0 Å². The Labute approximate surface area is 120 Å². The molecule has 96 valence electrons. The lowest BCUT2D eigenvalue weighted by molar-refractivity contribution is 0.668. The monoisotopic (exact) mass is 279 g/mol. The van der Waals surface area contributed by atoms with Gasteiger partial charge in [0.1, 0.15) is 5.58 Å². The summed E-state index contributed by atoms with van der Waals surface area (Å²) in [6, 6.07) is 15.9. The molecule has 0 aliphatic carbocycles. The van der Waals surface area contributed by atoms with Crippen molar-refractivity contribution in [2.75, 3.05) is 0 Å². The SMILES string of the molecule is Clc1ccc(-c2cccc3c2oc2cnccc23)cc1. The van der Waals surface area contributed by atoms with Crippen LogP contribution >= 0.6 is 11.6 Å². The normalized spacial score (nSPS) is 11.2. The second kappa shape index (κ2) is 4.36. The molecule has 2 heterocycles. The molecule has 0 bridgehead atoms. The van der Waals surface area contributed by atoms with Gasteiger partial charge in [-0.2, -0.15) is 0 Å². The van der Waals surface area contributed by atoms with Crippen molar-refractivity contribution in [2.45, 2.75) is 0 Å². The van der Waals surface area contributed by atoms with Crippen LogP contribution in [-0.4, -0.2) is 4.98 Å². The van der Waals surface area contributed by atoms with Crippen molar-refractivity contribution in [3.05, 3.63) is 65.9 Å². The van der Waals surface area contributed by atoms with Crippen molar-refractivity contribution in [2.24, 2.45) is 0 Å². The third-order valence-corrected chi connectivity index (χ3v) is 3.71. The molecule has 0 saturated heterocycles. The molecule has 0 unspecified atom stereocenters. The van der Waals surface area contributed by atoms with Gasteiger partial charge in [0.25, 0.3) is 0 Å². The summed E-state index contributed by atoms with van der Waals surface area (Å²) in [5, 5.41) is 2.93. The minimum Gasteiger partial charge on any atom is -0.454 e. The maximum atomic E-state index is 5.97. The summed E-state index contributed by atoms with van der Waals surface area (Å²) in [7, 11) is 0. The van der Waals surface area contributed by atoms with E-state index < -0.39 is 0 Å². The quantitative estimate of drug-likeness (QED) is 0.472. The summed E-state index contributed by atoms with van der Waals surface area (Å²) in [6.07, 6.45) is 3.53. The zero-order chi connectivity index (χ0) is 13.5. The maximum Gasteiger partial charge on any atom is 0.153 e. The average Bonchev–Trinajstić information content (AvgIpc) is 2.87. The Morgan fingerprint density at radius 2 is 1.75 bits per heavy atom. The first kappa shape index (κ1) is 11.5. The lowest BCUT2D eigenvalue weighted by atomic mass is 10.0. The Morgan fingerprint density at radius 1 is 0.900 bits per heavy atom. The van der Waals surface area contributed by atoms with E-state index in [1.165, 1.54) is 0 Å². The van der Waals surface area contributed by atoms with Gasteiger partial charge in [-0.1, -0.05) is 41.9 Å². The van der Waals surface area contributed by atoms with Gasteiger partial charge in [0.15, 0.2) is 5.58 Å². The second-order valence-corrected chi connectivity index (χ2v) is 5.10. The van der Waals surface area contributed by atoms with E-state index >= 15 is 0 Å². The summed E-state index contributed by atoms with van der Waals surface area (Å²) >= 11 is 5.95. The van der Waals surface area contributed by atoms with Crippen LogP contribution in [0.4, 0.5) is 0 Å². The number of hydrogen-bond donors (Lipinski definition) is 0. The summed E-state index contributed by atoms with van der Waals surface area (Å²) in [6.45, 7) is 0. The Morgan fingerprint density at radius 3 is 2.60 bits per heavy atom. The highest BCUT2D eigenvalue weighted by atomic mass is 35.5. The molecule has 4 aromatic rings. The van der Waals surface area contributed by atoms with E-state index in [4.69, 9.17) is 16.0 Å². The zero-order valence-corrected chi connectivity index (χ0v) is 11.3. The van der Waals surface area contributed by atoms with Gasteiger partial charge in [-0.25, -0.2) is 0 Å². The smallest absolute Gasteiger partial charge is 0.153 e. The highest BCUT2D eigenvalue weighted by molar-refractivity contribution is 6.30. The van der Waals surface area contributed by atoms with Gasteiger partial charge in [0.2, 0.25) is 0 Å². The van der Waals surface area contributed by atoms with E-state index in [-0.39, 0.29) is 0 Å². The topological polar surface area (TPSA) is 26.0 Å². The second-order valence-electron chi connectivity index (χ2n) is 4.66. The maximum absolute atomic E-state index is 5.97. The van der Waals surface area contributed by atoms with Crippen molar-refractivity contribution in [1.82, 2.24) is 4.98 Å². The highest BCUT2D eigenvalue weighted by Gasteiger charge is 2.11. The van der Waals surface area contributed by atoms with E-state index in [1.807, 2.05) is 36.4 Å². The van der Waals surface area contributed by atoms with Gasteiger partial charge in [-0.3, -0.25) is 4.98 Å². The van der Waals surface area contributed by atoms with Crippen LogP contribution in [-0.2, 0) is 0 Å². The number of halogens is 1. The third kappa shape index (κ3) is 1.69. The fraction of sp³-hybridized carbons (Fsp3) is 0. The number of rotatable bonds is 1. The Kier molecular flexibility index (Phi) is 2.51. The molecule has 0 N–H and O–H groups in total. The third-order valence-electron chi connectivity index (χ3n) is 3.46. The molecular weight excluding hydrogens is 270 g/mol. The molecular formula is C17H10ClNO. The highest BCUT2D eigenvalue weighted by Crippen LogP contribution is 2.35. The predicted molar refractivity (Wildman–Crippen MR) is 82.0 cm³/mol. The number of pyridine rings is 1. The zero-order valence-electron chi connectivity index (χ0n) is 10.5. The number of aromatic nitrogens is 1. The van der Waals surface area contributed by atoms with Crippen LogP contribution in [0, 0.1) is 0 Å². The minimum atomic E-state index is 0.731. The fourth-order valence-electron chi connectivity index (χ4n) is 2.51. The number of fused-ring (bicyclic) bond motifs is 3. The molecule has 0 radical (unpaired) electrons. The summed E-state index contributed by atoms with van der Waals surface area (Å²) in [5.74, 6) is 0. The van der Waals surface area contributed by atoms with Crippen LogP contribution < -0.4 is 0 Å². The van der Waals surface area contributed by atoms with Crippen molar-refractivity contribution in [3.8, 4) is 11.1 Å². The van der Waals surface area contributed by atoms with Crippen molar-refractivity contribution >= 4 is 33.5 Å². The molecule has 0 saturated carbocycles. The average molecular weight is 280 g/mol. The van der Waals surface area contributed by atoms with Gasteiger partial charge in [0.05, 0.1) is 6.20 Å². The van der Waals surface area contributed by atoms with Crippen molar-refractivity contribution in [3.63, 3.8) is 0 Å². The molecule has 0 spiro atoms. The van der Waals surface area contributed by atoms with Gasteiger partial charge in [0, 0.05) is 27.6 Å². The standard InChI is InChI=1S/C17H10ClNO/c18-12-6-4-11(5-7-12)13-2-1-3-15-14-8-9-19-10-16(14)20-17(13)15/h1-10H. The van der Waals surface area contributed by atoms with Crippen LogP contribution in [0.25, 0.3) is 33.1 Å². The molecule has 0 fully saturated rings. The molecule has 0 aliphatic heterocycles. The number of para-hydroxylation sites is 1. The van der Waals surface area contributed by atoms with E-state index in [0.29, 0.717) is 0 Å². The molecule has 20 heavy (non-hydrogen) atoms. The summed E-state index contributed by atoms with van der Waals surface area (Å²) < 4.78 is 5.97. The molecule has 2 aromatic heterocycles. The number of furan rings is 1. The predicted octanol–water partition coefficient (Wildman–Crippen LogP) is 5.30. The van der Waals surface area contributed by atoms with E-state index in [1.54, 1.807) is 12.4 Å². The molecule has 0 atom stereocenters. The Balaban J connectivity index is 2.07. The number of benzene rings is 2. The minimum absolute atomic E-state index is 0.731. The Hall–Kier alpha value is -2.32. The van der Waals surface area contributed by atoms with Gasteiger partial charge >= 0.3 is 0 Å². The van der Waals surface area contributed by atoms with Crippen LogP contribution in [0.15, 0.2) is 65.3 Å². The molecule has 0 aliphatic rings. The molecule has 4 rings (SSSR count). The first-order chi connectivity index (χ1) is 9.83. The number of nitrogens with zero attached hydrogens (tertiary/aromatic N) is 1. The van der Waals surface area contributed by atoms with E-state index in [9.17, 15) is 0 Å². The molecule has 0 amide bonds. The molecule has 2 aromatic carbocycles. The van der Waals surface area contributed by atoms with Crippen LogP contribution in [0.1, 0.15) is 0 Å². The lowest BCUT2D eigenvalue weighted by Crippen LogP contribution is -1.78. The van der Waals surface area contributed by atoms with Gasteiger partial charge in [-0.15, -0.1) is 0 Å². The molecule has 2 nitrogen and oxygen atoms in total. The van der Waals surface area contributed by atoms with Gasteiger partial charge in [-0.05, 0) is 23.8 Å². The van der Waals surface area contributed by atoms with E-state index in [2.05, 4.69) is 17.1 Å². The first-order valence-electron chi connectivity index (χ1n) is 6.34. The molecule has 3 heteroatoms. The first-order valence-corrected chi connectivity index (χ1v) is 6.72. The Bertz CT molecular complexity index is 909. The fourth-order valence-corrected chi connectivity index (χ4v) is 2.64. The van der Waals surface area contributed by atoms with Crippen LogP contribution in [0.5, 0.6) is 0 Å². The summed E-state index contributed by atoms with van der Waals surface area (Å²) in [4.78, 5) is 4.11. The van der Waals surface area contributed by atoms with Crippen LogP contribution in [0.2, 0.25) is 5.02 Å².